The van der Waals surface area contributed by atoms with Crippen molar-refractivity contribution in [3.05, 3.63) is 53.6 Å². The first-order chi connectivity index (χ1) is 11.6. The molecule has 1 fully saturated rings. The summed E-state index contributed by atoms with van der Waals surface area (Å²) in [4.78, 5) is 15.1. The van der Waals surface area contributed by atoms with E-state index in [9.17, 15) is 4.79 Å². The minimum atomic E-state index is -0.0930. The number of rotatable bonds is 3. The van der Waals surface area contributed by atoms with Crippen LogP contribution >= 0.6 is 0 Å². The molecule has 0 spiro atoms. The van der Waals surface area contributed by atoms with E-state index in [1.165, 1.54) is 19.3 Å². The van der Waals surface area contributed by atoms with Gasteiger partial charge in [-0.25, -0.2) is 0 Å². The molecule has 0 saturated carbocycles. The molecule has 0 bridgehead atoms. The molecular weight excluding hydrogens is 298 g/mol. The van der Waals surface area contributed by atoms with E-state index >= 15 is 0 Å². The molecule has 4 nitrogen and oxygen atoms in total. The molecule has 1 heterocycles. The second-order valence-electron chi connectivity index (χ2n) is 6.58. The zero-order valence-electron chi connectivity index (χ0n) is 14.4. The number of nitrogen functional groups attached to an aromatic ring is 1. The molecule has 1 aliphatic rings. The van der Waals surface area contributed by atoms with Gasteiger partial charge in [0, 0.05) is 23.8 Å². The Balaban J connectivity index is 1.91. The minimum Gasteiger partial charge on any atom is -0.399 e. The Hall–Kier alpha value is -2.49. The first-order valence-corrected chi connectivity index (χ1v) is 8.59. The smallest absolute Gasteiger partial charge is 0.255 e. The van der Waals surface area contributed by atoms with Gasteiger partial charge in [0.25, 0.3) is 5.91 Å². The van der Waals surface area contributed by atoms with Crippen LogP contribution in [0.3, 0.4) is 0 Å². The predicted molar refractivity (Wildman–Crippen MR) is 101 cm³/mol. The molecule has 3 N–H and O–H groups in total. The highest BCUT2D eigenvalue weighted by Crippen LogP contribution is 2.33. The SMILES string of the molecule is Cc1ccccc1C(=O)Nc1cc(N)ccc1N1CCCC[C@@H]1C. The van der Waals surface area contributed by atoms with Gasteiger partial charge in [0.1, 0.15) is 0 Å². The summed E-state index contributed by atoms with van der Waals surface area (Å²) in [5.41, 5.74) is 10.1. The summed E-state index contributed by atoms with van der Waals surface area (Å²) < 4.78 is 0. The molecule has 0 radical (unpaired) electrons. The number of carbonyl (C=O) groups excluding carboxylic acids is 1. The number of nitrogens with zero attached hydrogens (tertiary/aromatic N) is 1. The fourth-order valence-electron chi connectivity index (χ4n) is 3.38. The van der Waals surface area contributed by atoms with E-state index in [0.717, 1.165) is 23.5 Å². The molecule has 1 saturated heterocycles. The highest BCUT2D eigenvalue weighted by molar-refractivity contribution is 6.07. The number of nitrogens with one attached hydrogen (secondary N) is 1. The number of hydrogen-bond acceptors (Lipinski definition) is 3. The summed E-state index contributed by atoms with van der Waals surface area (Å²) in [6.45, 7) is 5.20. The molecule has 1 aliphatic heterocycles. The van der Waals surface area contributed by atoms with Crippen LogP contribution in [0.25, 0.3) is 0 Å². The molecule has 4 heteroatoms. The van der Waals surface area contributed by atoms with Gasteiger partial charge in [-0.3, -0.25) is 4.79 Å². The summed E-state index contributed by atoms with van der Waals surface area (Å²) in [7, 11) is 0. The van der Waals surface area contributed by atoms with E-state index in [1.54, 1.807) is 0 Å². The fourth-order valence-corrected chi connectivity index (χ4v) is 3.38. The van der Waals surface area contributed by atoms with E-state index < -0.39 is 0 Å². The highest BCUT2D eigenvalue weighted by Gasteiger charge is 2.22. The van der Waals surface area contributed by atoms with Crippen LogP contribution in [0.1, 0.15) is 42.1 Å². The lowest BCUT2D eigenvalue weighted by molar-refractivity contribution is 0.102. The zero-order valence-corrected chi connectivity index (χ0v) is 14.4. The van der Waals surface area contributed by atoms with Crippen LogP contribution < -0.4 is 16.0 Å². The molecular formula is C20H25N3O. The minimum absolute atomic E-state index is 0.0930. The number of aryl methyl sites for hydroxylation is 1. The molecule has 0 unspecified atom stereocenters. The third-order valence-electron chi connectivity index (χ3n) is 4.77. The van der Waals surface area contributed by atoms with Crippen molar-refractivity contribution in [1.29, 1.82) is 0 Å². The third kappa shape index (κ3) is 3.37. The Bertz CT molecular complexity index is 741. The Kier molecular flexibility index (Phi) is 4.74. The standard InChI is InChI=1S/C20H25N3O/c1-14-7-3-4-9-17(14)20(24)22-18-13-16(21)10-11-19(18)23-12-6-5-8-15(23)2/h3-4,7,9-11,13,15H,5-6,8,12,21H2,1-2H3,(H,22,24)/t15-/m0/s1. The van der Waals surface area contributed by atoms with Gasteiger partial charge in [0.15, 0.2) is 0 Å². The number of piperidine rings is 1. The number of anilines is 3. The molecule has 126 valence electrons. The number of carbonyl (C=O) groups is 1. The Morgan fingerprint density at radius 2 is 2.00 bits per heavy atom. The van der Waals surface area contributed by atoms with Crippen molar-refractivity contribution < 1.29 is 4.79 Å². The molecule has 24 heavy (non-hydrogen) atoms. The number of nitrogens with two attached hydrogens (primary N) is 1. The predicted octanol–water partition coefficient (Wildman–Crippen LogP) is 4.21. The number of hydrogen-bond donors (Lipinski definition) is 2. The number of benzene rings is 2. The first kappa shape index (κ1) is 16.4. The maximum atomic E-state index is 12.7. The molecule has 0 aliphatic carbocycles. The monoisotopic (exact) mass is 323 g/mol. The van der Waals surface area contributed by atoms with Gasteiger partial charge in [-0.1, -0.05) is 18.2 Å². The molecule has 0 aromatic heterocycles. The lowest BCUT2D eigenvalue weighted by Crippen LogP contribution is -2.38. The molecule has 1 atom stereocenters. The molecule has 2 aromatic rings. The van der Waals surface area contributed by atoms with E-state index in [1.807, 2.05) is 49.4 Å². The first-order valence-electron chi connectivity index (χ1n) is 8.59. The average molecular weight is 323 g/mol. The molecule has 1 amide bonds. The molecule has 2 aromatic carbocycles. The van der Waals surface area contributed by atoms with Gasteiger partial charge in [-0.15, -0.1) is 0 Å². The van der Waals surface area contributed by atoms with Crippen molar-refractivity contribution in [3.8, 4) is 0 Å². The van der Waals surface area contributed by atoms with Crippen LogP contribution in [-0.2, 0) is 0 Å². The van der Waals surface area contributed by atoms with Gasteiger partial charge >= 0.3 is 0 Å². The van der Waals surface area contributed by atoms with Gasteiger partial charge in [0.2, 0.25) is 0 Å². The van der Waals surface area contributed by atoms with Crippen molar-refractivity contribution >= 4 is 23.0 Å². The summed E-state index contributed by atoms with van der Waals surface area (Å²) in [5, 5.41) is 3.07. The molecule has 3 rings (SSSR count). The van der Waals surface area contributed by atoms with Gasteiger partial charge in [-0.2, -0.15) is 0 Å². The Labute approximate surface area is 143 Å². The maximum absolute atomic E-state index is 12.7. The van der Waals surface area contributed by atoms with Gasteiger partial charge < -0.3 is 16.0 Å². The largest absolute Gasteiger partial charge is 0.399 e. The summed E-state index contributed by atoms with van der Waals surface area (Å²) >= 11 is 0. The van der Waals surface area contributed by atoms with Gasteiger partial charge in [0.05, 0.1) is 11.4 Å². The third-order valence-corrected chi connectivity index (χ3v) is 4.77. The lowest BCUT2D eigenvalue weighted by Gasteiger charge is -2.36. The summed E-state index contributed by atoms with van der Waals surface area (Å²) in [5.74, 6) is -0.0930. The van der Waals surface area contributed by atoms with Crippen LogP contribution in [0.4, 0.5) is 17.1 Å². The van der Waals surface area contributed by atoms with Crippen LogP contribution in [0.5, 0.6) is 0 Å². The van der Waals surface area contributed by atoms with Crippen LogP contribution in [-0.4, -0.2) is 18.5 Å². The fraction of sp³-hybridized carbons (Fsp3) is 0.350. The quantitative estimate of drug-likeness (QED) is 0.832. The maximum Gasteiger partial charge on any atom is 0.255 e. The Morgan fingerprint density at radius 3 is 2.75 bits per heavy atom. The highest BCUT2D eigenvalue weighted by atomic mass is 16.1. The van der Waals surface area contributed by atoms with Crippen LogP contribution in [0, 0.1) is 6.92 Å². The van der Waals surface area contributed by atoms with Crippen LogP contribution in [0.15, 0.2) is 42.5 Å². The van der Waals surface area contributed by atoms with Crippen molar-refractivity contribution in [2.45, 2.75) is 39.2 Å². The van der Waals surface area contributed by atoms with Gasteiger partial charge in [-0.05, 0) is 62.9 Å². The van der Waals surface area contributed by atoms with E-state index in [-0.39, 0.29) is 5.91 Å². The van der Waals surface area contributed by atoms with E-state index in [2.05, 4.69) is 17.1 Å². The summed E-state index contributed by atoms with van der Waals surface area (Å²) in [6, 6.07) is 13.9. The van der Waals surface area contributed by atoms with Crippen molar-refractivity contribution in [3.63, 3.8) is 0 Å². The zero-order chi connectivity index (χ0) is 17.1. The van der Waals surface area contributed by atoms with Crippen LogP contribution in [0.2, 0.25) is 0 Å². The number of amides is 1. The summed E-state index contributed by atoms with van der Waals surface area (Å²) in [6.07, 6.45) is 3.62. The van der Waals surface area contributed by atoms with Crippen molar-refractivity contribution in [2.24, 2.45) is 0 Å². The average Bonchev–Trinajstić information content (AvgIpc) is 2.56. The van der Waals surface area contributed by atoms with Crippen molar-refractivity contribution in [1.82, 2.24) is 0 Å². The topological polar surface area (TPSA) is 58.4 Å². The lowest BCUT2D eigenvalue weighted by atomic mass is 10.0. The second kappa shape index (κ2) is 6.95. The second-order valence-corrected chi connectivity index (χ2v) is 6.58. The van der Waals surface area contributed by atoms with E-state index in [4.69, 9.17) is 5.73 Å². The van der Waals surface area contributed by atoms with E-state index in [0.29, 0.717) is 17.3 Å². The normalized spacial score (nSPS) is 17.6. The Morgan fingerprint density at radius 1 is 1.21 bits per heavy atom. The van der Waals surface area contributed by atoms with Crippen molar-refractivity contribution in [2.75, 3.05) is 22.5 Å².